The number of rotatable bonds is 2. The molecule has 5 rings (SSSR count). The van der Waals surface area contributed by atoms with Crippen molar-refractivity contribution in [3.63, 3.8) is 0 Å². The first-order valence-electron chi connectivity index (χ1n) is 10.9. The average Bonchev–Trinajstić information content (AvgIpc) is 3.06. The van der Waals surface area contributed by atoms with Crippen LogP contribution in [0.4, 0.5) is 5.69 Å². The van der Waals surface area contributed by atoms with Crippen molar-refractivity contribution in [2.24, 2.45) is 0 Å². The molecule has 0 saturated heterocycles. The van der Waals surface area contributed by atoms with Gasteiger partial charge >= 0.3 is 0 Å². The van der Waals surface area contributed by atoms with Crippen molar-refractivity contribution in [1.82, 2.24) is 0 Å². The first-order chi connectivity index (χ1) is 15.6. The van der Waals surface area contributed by atoms with Crippen LogP contribution in [0.25, 0.3) is 11.0 Å². The minimum atomic E-state index is -0.610. The van der Waals surface area contributed by atoms with Crippen LogP contribution in [-0.2, 0) is 5.41 Å². The lowest BCUT2D eigenvalue weighted by atomic mass is 9.86. The third-order valence-corrected chi connectivity index (χ3v) is 6.44. The van der Waals surface area contributed by atoms with Gasteiger partial charge < -0.3 is 4.42 Å². The molecule has 0 spiro atoms. The molecule has 0 fully saturated rings. The average molecular weight is 458 g/mol. The predicted molar refractivity (Wildman–Crippen MR) is 132 cm³/mol. The molecule has 0 radical (unpaired) electrons. The van der Waals surface area contributed by atoms with Crippen molar-refractivity contribution in [1.29, 1.82) is 0 Å². The third-order valence-electron chi connectivity index (χ3n) is 6.20. The van der Waals surface area contributed by atoms with E-state index in [1.165, 1.54) is 5.56 Å². The molecule has 1 aliphatic rings. The highest BCUT2D eigenvalue weighted by Crippen LogP contribution is 2.42. The first kappa shape index (κ1) is 21.5. The molecule has 5 heteroatoms. The van der Waals surface area contributed by atoms with Gasteiger partial charge in [0.2, 0.25) is 5.76 Å². The Balaban J connectivity index is 1.78. The maximum atomic E-state index is 13.7. The molecule has 1 amide bonds. The van der Waals surface area contributed by atoms with Gasteiger partial charge in [0.25, 0.3) is 5.91 Å². The number of anilines is 1. The summed E-state index contributed by atoms with van der Waals surface area (Å²) in [5.41, 5.74) is 4.16. The molecule has 3 aromatic carbocycles. The molecule has 4 nitrogen and oxygen atoms in total. The van der Waals surface area contributed by atoms with Gasteiger partial charge in [-0.1, -0.05) is 74.3 Å². The lowest BCUT2D eigenvalue weighted by Crippen LogP contribution is -2.29. The Morgan fingerprint density at radius 2 is 1.67 bits per heavy atom. The Kier molecular flexibility index (Phi) is 4.95. The molecule has 0 N–H and O–H groups in total. The largest absolute Gasteiger partial charge is 0.450 e. The Morgan fingerprint density at radius 1 is 0.939 bits per heavy atom. The molecule has 1 aliphatic heterocycles. The van der Waals surface area contributed by atoms with E-state index in [0.29, 0.717) is 27.2 Å². The summed E-state index contributed by atoms with van der Waals surface area (Å²) in [6, 6.07) is 20.0. The number of amides is 1. The number of carbonyl (C=O) groups is 1. The van der Waals surface area contributed by atoms with Gasteiger partial charge in [-0.2, -0.15) is 0 Å². The van der Waals surface area contributed by atoms with Crippen LogP contribution in [0.3, 0.4) is 0 Å². The normalized spacial score (nSPS) is 15.8. The van der Waals surface area contributed by atoms with Gasteiger partial charge in [-0.15, -0.1) is 0 Å². The monoisotopic (exact) mass is 457 g/mol. The molecule has 0 aliphatic carbocycles. The van der Waals surface area contributed by atoms with Gasteiger partial charge in [0.15, 0.2) is 5.43 Å². The lowest BCUT2D eigenvalue weighted by molar-refractivity contribution is 0.0971. The first-order valence-corrected chi connectivity index (χ1v) is 11.3. The summed E-state index contributed by atoms with van der Waals surface area (Å²) in [5, 5.41) is 0.990. The standard InChI is InChI=1S/C28H24ClNO3/c1-16-8-13-22-21(14-16)25(31)23-24(17-9-11-18(12-10-17)28(2,3)4)30(27(32)26(23)33-22)20-7-5-6-19(29)15-20/h5-15,24H,1-4H3. The van der Waals surface area contributed by atoms with Crippen molar-refractivity contribution >= 4 is 34.2 Å². The minimum absolute atomic E-state index is 0.0126. The Hall–Kier alpha value is -3.37. The van der Waals surface area contributed by atoms with Crippen molar-refractivity contribution in [2.75, 3.05) is 4.90 Å². The van der Waals surface area contributed by atoms with Crippen molar-refractivity contribution < 1.29 is 9.21 Å². The molecule has 166 valence electrons. The van der Waals surface area contributed by atoms with Crippen LogP contribution in [0.1, 0.15) is 59.6 Å². The fourth-order valence-corrected chi connectivity index (χ4v) is 4.64. The summed E-state index contributed by atoms with van der Waals surface area (Å²) in [6.07, 6.45) is 0. The van der Waals surface area contributed by atoms with Gasteiger partial charge in [-0.25, -0.2) is 0 Å². The highest BCUT2D eigenvalue weighted by atomic mass is 35.5. The number of aryl methyl sites for hydroxylation is 1. The van der Waals surface area contributed by atoms with Gasteiger partial charge in [-0.3, -0.25) is 14.5 Å². The van der Waals surface area contributed by atoms with E-state index in [4.69, 9.17) is 16.0 Å². The zero-order valence-electron chi connectivity index (χ0n) is 19.0. The third kappa shape index (κ3) is 3.55. The molecule has 33 heavy (non-hydrogen) atoms. The number of carbonyl (C=O) groups excluding carboxylic acids is 1. The maximum absolute atomic E-state index is 13.7. The molecule has 0 saturated carbocycles. The molecule has 4 aromatic rings. The number of hydrogen-bond acceptors (Lipinski definition) is 3. The summed E-state index contributed by atoms with van der Waals surface area (Å²) in [7, 11) is 0. The SMILES string of the molecule is Cc1ccc2oc3c(c(=O)c2c1)C(c1ccc(C(C)(C)C)cc1)N(c1cccc(Cl)c1)C3=O. The summed E-state index contributed by atoms with van der Waals surface area (Å²) >= 11 is 6.26. The molecule has 1 unspecified atom stereocenters. The van der Waals surface area contributed by atoms with E-state index in [2.05, 4.69) is 32.9 Å². The Labute approximate surface area is 197 Å². The van der Waals surface area contributed by atoms with E-state index < -0.39 is 6.04 Å². The van der Waals surface area contributed by atoms with Crippen molar-refractivity contribution in [3.05, 3.63) is 110 Å². The number of halogens is 1. The fraction of sp³-hybridized carbons (Fsp3) is 0.214. The Bertz CT molecular complexity index is 1460. The summed E-state index contributed by atoms with van der Waals surface area (Å²) in [5.74, 6) is -0.266. The molecule has 2 heterocycles. The second kappa shape index (κ2) is 7.60. The number of benzene rings is 3. The predicted octanol–water partition coefficient (Wildman–Crippen LogP) is 6.80. The second-order valence-corrected chi connectivity index (χ2v) is 10.0. The van der Waals surface area contributed by atoms with Crippen molar-refractivity contribution in [2.45, 2.75) is 39.2 Å². The van der Waals surface area contributed by atoms with Crippen LogP contribution in [0.15, 0.2) is 75.9 Å². The van der Waals surface area contributed by atoms with Crippen LogP contribution >= 0.6 is 11.6 Å². The number of hydrogen-bond donors (Lipinski definition) is 0. The van der Waals surface area contributed by atoms with E-state index in [1.807, 2.05) is 37.3 Å². The van der Waals surface area contributed by atoms with Crippen LogP contribution in [-0.4, -0.2) is 5.91 Å². The van der Waals surface area contributed by atoms with Gasteiger partial charge in [0, 0.05) is 10.7 Å². The van der Waals surface area contributed by atoms with Crippen LogP contribution < -0.4 is 10.3 Å². The van der Waals surface area contributed by atoms with Gasteiger partial charge in [0.05, 0.1) is 17.0 Å². The Morgan fingerprint density at radius 3 is 2.33 bits per heavy atom. The maximum Gasteiger partial charge on any atom is 0.295 e. The molecular formula is C28H24ClNO3. The van der Waals surface area contributed by atoms with Crippen LogP contribution in [0.2, 0.25) is 5.02 Å². The van der Waals surface area contributed by atoms with Crippen molar-refractivity contribution in [3.8, 4) is 0 Å². The molecule has 1 atom stereocenters. The second-order valence-electron chi connectivity index (χ2n) is 9.60. The molecular weight excluding hydrogens is 434 g/mol. The topological polar surface area (TPSA) is 50.5 Å². The van der Waals surface area contributed by atoms with Gasteiger partial charge in [0.1, 0.15) is 5.58 Å². The van der Waals surface area contributed by atoms with Crippen LogP contribution in [0, 0.1) is 6.92 Å². The molecule has 0 bridgehead atoms. The quantitative estimate of drug-likeness (QED) is 0.332. The zero-order valence-corrected chi connectivity index (χ0v) is 19.7. The zero-order chi connectivity index (χ0) is 23.5. The lowest BCUT2D eigenvalue weighted by Gasteiger charge is -2.26. The highest BCUT2D eigenvalue weighted by Gasteiger charge is 2.43. The van der Waals surface area contributed by atoms with E-state index in [0.717, 1.165) is 11.1 Å². The summed E-state index contributed by atoms with van der Waals surface area (Å²) in [6.45, 7) is 8.38. The van der Waals surface area contributed by atoms with Gasteiger partial charge in [-0.05, 0) is 53.8 Å². The number of nitrogens with zero attached hydrogens (tertiary/aromatic N) is 1. The number of fused-ring (bicyclic) bond motifs is 2. The summed E-state index contributed by atoms with van der Waals surface area (Å²) < 4.78 is 6.04. The smallest absolute Gasteiger partial charge is 0.295 e. The van der Waals surface area contributed by atoms with E-state index in [9.17, 15) is 9.59 Å². The van der Waals surface area contributed by atoms with E-state index >= 15 is 0 Å². The van der Waals surface area contributed by atoms with Crippen LogP contribution in [0.5, 0.6) is 0 Å². The molecule has 1 aromatic heterocycles. The fourth-order valence-electron chi connectivity index (χ4n) is 4.46. The van der Waals surface area contributed by atoms with E-state index in [1.54, 1.807) is 29.2 Å². The van der Waals surface area contributed by atoms with E-state index in [-0.39, 0.29) is 22.5 Å². The minimum Gasteiger partial charge on any atom is -0.450 e. The summed E-state index contributed by atoms with van der Waals surface area (Å²) in [4.78, 5) is 28.9. The highest BCUT2D eigenvalue weighted by molar-refractivity contribution is 6.31.